The topological polar surface area (TPSA) is 41.0 Å². The van der Waals surface area contributed by atoms with E-state index in [-0.39, 0.29) is 0 Å². The Balaban J connectivity index is 1.73. The number of benzene rings is 1. The van der Waals surface area contributed by atoms with Crippen molar-refractivity contribution in [1.29, 1.82) is 0 Å². The van der Waals surface area contributed by atoms with Crippen molar-refractivity contribution in [1.82, 2.24) is 9.97 Å². The Kier molecular flexibility index (Phi) is 5.66. The van der Waals surface area contributed by atoms with Crippen molar-refractivity contribution >= 4 is 28.7 Å². The molecule has 0 aliphatic rings. The van der Waals surface area contributed by atoms with E-state index in [1.165, 1.54) is 10.4 Å². The van der Waals surface area contributed by atoms with E-state index >= 15 is 0 Å². The lowest BCUT2D eigenvalue weighted by Crippen LogP contribution is -2.13. The van der Waals surface area contributed by atoms with Crippen LogP contribution in [0.5, 0.6) is 0 Å². The van der Waals surface area contributed by atoms with Gasteiger partial charge in [-0.05, 0) is 43.3 Å². The van der Waals surface area contributed by atoms with Crippen LogP contribution in [-0.4, -0.2) is 24.1 Å². The summed E-state index contributed by atoms with van der Waals surface area (Å²) in [6.45, 7) is 2.09. The third-order valence-corrected chi connectivity index (χ3v) is 4.88. The molecule has 3 aromatic rings. The number of anilines is 3. The lowest BCUT2D eigenvalue weighted by atomic mass is 10.2. The van der Waals surface area contributed by atoms with Crippen LogP contribution in [0.4, 0.5) is 17.3 Å². The summed E-state index contributed by atoms with van der Waals surface area (Å²) >= 11 is 1.81. The zero-order chi connectivity index (χ0) is 17.6. The number of nitrogens with zero attached hydrogens (tertiary/aromatic N) is 3. The Bertz CT molecular complexity index is 795. The highest BCUT2D eigenvalue weighted by atomic mass is 32.1. The van der Waals surface area contributed by atoms with E-state index in [0.29, 0.717) is 0 Å². The van der Waals surface area contributed by atoms with Crippen LogP contribution in [0.25, 0.3) is 0 Å². The van der Waals surface area contributed by atoms with Crippen molar-refractivity contribution < 1.29 is 0 Å². The minimum atomic E-state index is 0.841. The second kappa shape index (κ2) is 8.12. The van der Waals surface area contributed by atoms with Gasteiger partial charge in [0.2, 0.25) is 0 Å². The summed E-state index contributed by atoms with van der Waals surface area (Å²) in [7, 11) is 4.01. The molecule has 0 radical (unpaired) electrons. The second-order valence-electron chi connectivity index (χ2n) is 6.35. The maximum atomic E-state index is 4.71. The summed E-state index contributed by atoms with van der Waals surface area (Å²) in [5, 5.41) is 5.52. The molecule has 0 atom stereocenters. The van der Waals surface area contributed by atoms with Gasteiger partial charge in [-0.1, -0.05) is 23.8 Å². The molecule has 1 aromatic carbocycles. The molecular weight excluding hydrogens is 328 g/mol. The van der Waals surface area contributed by atoms with Crippen LogP contribution in [0.2, 0.25) is 0 Å². The molecule has 3 rings (SSSR count). The predicted octanol–water partition coefficient (Wildman–Crippen LogP) is 4.83. The highest BCUT2D eigenvalue weighted by Gasteiger charge is 2.07. The molecule has 5 heteroatoms. The SMILES string of the molecule is Cc1ccc(Nc2cc(N(C)C)nc(CCCc3cccs3)n2)cc1. The van der Waals surface area contributed by atoms with Gasteiger partial charge >= 0.3 is 0 Å². The van der Waals surface area contributed by atoms with Crippen LogP contribution in [-0.2, 0) is 12.8 Å². The maximum absolute atomic E-state index is 4.71. The predicted molar refractivity (Wildman–Crippen MR) is 107 cm³/mol. The minimum Gasteiger partial charge on any atom is -0.363 e. The number of aryl methyl sites for hydroxylation is 3. The molecular formula is C20H24N4S. The smallest absolute Gasteiger partial charge is 0.136 e. The number of aromatic nitrogens is 2. The van der Waals surface area contributed by atoms with Gasteiger partial charge in [0.15, 0.2) is 0 Å². The van der Waals surface area contributed by atoms with E-state index < -0.39 is 0 Å². The third-order valence-electron chi connectivity index (χ3n) is 3.94. The van der Waals surface area contributed by atoms with Gasteiger partial charge in [0.1, 0.15) is 17.5 Å². The summed E-state index contributed by atoms with van der Waals surface area (Å²) in [6.07, 6.45) is 3.01. The Labute approximate surface area is 153 Å². The minimum absolute atomic E-state index is 0.841. The van der Waals surface area contributed by atoms with Gasteiger partial charge < -0.3 is 10.2 Å². The van der Waals surface area contributed by atoms with Gasteiger partial charge in [-0.3, -0.25) is 0 Å². The van der Waals surface area contributed by atoms with Crippen molar-refractivity contribution in [3.8, 4) is 0 Å². The molecule has 130 valence electrons. The first kappa shape index (κ1) is 17.4. The highest BCUT2D eigenvalue weighted by molar-refractivity contribution is 7.09. The van der Waals surface area contributed by atoms with E-state index in [1.54, 1.807) is 0 Å². The van der Waals surface area contributed by atoms with Crippen LogP contribution in [0.3, 0.4) is 0 Å². The van der Waals surface area contributed by atoms with E-state index in [2.05, 4.69) is 59.0 Å². The van der Waals surface area contributed by atoms with E-state index in [1.807, 2.05) is 36.4 Å². The first-order chi connectivity index (χ1) is 12.1. The van der Waals surface area contributed by atoms with Gasteiger partial charge in [0.05, 0.1) is 0 Å². The Hall–Kier alpha value is -2.40. The Morgan fingerprint density at radius 3 is 2.52 bits per heavy atom. The number of rotatable bonds is 7. The quantitative estimate of drug-likeness (QED) is 0.661. The van der Waals surface area contributed by atoms with Gasteiger partial charge in [0, 0.05) is 37.1 Å². The molecule has 0 aliphatic heterocycles. The van der Waals surface area contributed by atoms with Crippen molar-refractivity contribution in [2.24, 2.45) is 0 Å². The fourth-order valence-corrected chi connectivity index (χ4v) is 3.30. The van der Waals surface area contributed by atoms with Crippen molar-refractivity contribution in [3.63, 3.8) is 0 Å². The highest BCUT2D eigenvalue weighted by Crippen LogP contribution is 2.20. The first-order valence-corrected chi connectivity index (χ1v) is 9.39. The second-order valence-corrected chi connectivity index (χ2v) is 7.38. The third kappa shape index (κ3) is 5.03. The zero-order valence-electron chi connectivity index (χ0n) is 15.0. The fraction of sp³-hybridized carbons (Fsp3) is 0.300. The maximum Gasteiger partial charge on any atom is 0.136 e. The molecule has 0 unspecified atom stereocenters. The van der Waals surface area contributed by atoms with Gasteiger partial charge in [-0.2, -0.15) is 0 Å². The normalized spacial score (nSPS) is 10.7. The zero-order valence-corrected chi connectivity index (χ0v) is 15.8. The standard InChI is InChI=1S/C20H24N4S/c1-15-9-11-16(12-10-15)21-19-14-20(24(2)3)23-18(22-19)8-4-6-17-7-5-13-25-17/h5,7,9-14H,4,6,8H2,1-3H3,(H,21,22,23). The lowest BCUT2D eigenvalue weighted by Gasteiger charge is -2.15. The summed E-state index contributed by atoms with van der Waals surface area (Å²) < 4.78 is 0. The van der Waals surface area contributed by atoms with E-state index in [4.69, 9.17) is 4.98 Å². The molecule has 0 saturated heterocycles. The fourth-order valence-electron chi connectivity index (χ4n) is 2.55. The summed E-state index contributed by atoms with van der Waals surface area (Å²) in [6, 6.07) is 14.6. The van der Waals surface area contributed by atoms with Crippen LogP contribution in [0, 0.1) is 6.92 Å². The largest absolute Gasteiger partial charge is 0.363 e. The van der Waals surface area contributed by atoms with Crippen molar-refractivity contribution in [2.75, 3.05) is 24.3 Å². The van der Waals surface area contributed by atoms with Crippen molar-refractivity contribution in [3.05, 3.63) is 64.1 Å². The van der Waals surface area contributed by atoms with E-state index in [0.717, 1.165) is 42.4 Å². The van der Waals surface area contributed by atoms with Gasteiger partial charge in [-0.15, -0.1) is 11.3 Å². The molecule has 1 N–H and O–H groups in total. The average Bonchev–Trinajstić information content (AvgIpc) is 3.10. The van der Waals surface area contributed by atoms with Gasteiger partial charge in [0.25, 0.3) is 0 Å². The summed E-state index contributed by atoms with van der Waals surface area (Å²) in [5.74, 6) is 2.65. The molecule has 0 amide bonds. The first-order valence-electron chi connectivity index (χ1n) is 8.51. The number of nitrogens with one attached hydrogen (secondary N) is 1. The monoisotopic (exact) mass is 352 g/mol. The number of hydrogen-bond acceptors (Lipinski definition) is 5. The number of hydrogen-bond donors (Lipinski definition) is 1. The molecule has 4 nitrogen and oxygen atoms in total. The summed E-state index contributed by atoms with van der Waals surface area (Å²) in [4.78, 5) is 12.8. The molecule has 25 heavy (non-hydrogen) atoms. The van der Waals surface area contributed by atoms with Gasteiger partial charge in [-0.25, -0.2) is 9.97 Å². The van der Waals surface area contributed by atoms with Crippen LogP contribution < -0.4 is 10.2 Å². The molecule has 0 saturated carbocycles. The van der Waals surface area contributed by atoms with Crippen LogP contribution in [0.15, 0.2) is 47.8 Å². The molecule has 2 aromatic heterocycles. The van der Waals surface area contributed by atoms with Crippen molar-refractivity contribution in [2.45, 2.75) is 26.2 Å². The lowest BCUT2D eigenvalue weighted by molar-refractivity contribution is 0.776. The molecule has 0 aliphatic carbocycles. The molecule has 0 bridgehead atoms. The molecule has 2 heterocycles. The Morgan fingerprint density at radius 1 is 1.04 bits per heavy atom. The number of thiophene rings is 1. The van der Waals surface area contributed by atoms with Crippen LogP contribution in [0.1, 0.15) is 22.7 Å². The molecule has 0 spiro atoms. The summed E-state index contributed by atoms with van der Waals surface area (Å²) in [5.41, 5.74) is 2.29. The van der Waals surface area contributed by atoms with Crippen LogP contribution >= 0.6 is 11.3 Å². The Morgan fingerprint density at radius 2 is 1.84 bits per heavy atom. The van der Waals surface area contributed by atoms with E-state index in [9.17, 15) is 0 Å². The molecule has 0 fully saturated rings. The average molecular weight is 353 g/mol.